The summed E-state index contributed by atoms with van der Waals surface area (Å²) < 4.78 is 18.3. The second-order valence-electron chi connectivity index (χ2n) is 9.87. The molecule has 1 radical (unpaired) electrons. The van der Waals surface area contributed by atoms with Gasteiger partial charge in [-0.05, 0) is 62.4 Å². The summed E-state index contributed by atoms with van der Waals surface area (Å²) >= 11 is 0. The van der Waals surface area contributed by atoms with Gasteiger partial charge in [-0.1, -0.05) is 50.2 Å². The summed E-state index contributed by atoms with van der Waals surface area (Å²) in [6.45, 7) is 7.04. The SMILES string of the molecule is CCCN(CCC)C1CCc2c(ccc(OCc3ccccc3)c2OC2C[C@@H](O)C[C@@H](C(=O)O)O2)C1.[Y]. The molecule has 1 aliphatic heterocycles. The summed E-state index contributed by atoms with van der Waals surface area (Å²) in [4.78, 5) is 14.1. The number of rotatable bonds is 11. The van der Waals surface area contributed by atoms with Crippen molar-refractivity contribution in [3.8, 4) is 11.5 Å². The van der Waals surface area contributed by atoms with Gasteiger partial charge >= 0.3 is 5.97 Å². The molecule has 4 atom stereocenters. The molecule has 0 spiro atoms. The van der Waals surface area contributed by atoms with Gasteiger partial charge in [0.2, 0.25) is 6.29 Å². The first kappa shape index (κ1) is 30.0. The van der Waals surface area contributed by atoms with Crippen LogP contribution in [0.5, 0.6) is 11.5 Å². The van der Waals surface area contributed by atoms with E-state index in [2.05, 4.69) is 24.8 Å². The van der Waals surface area contributed by atoms with Gasteiger partial charge in [-0.3, -0.25) is 0 Å². The molecular weight excluding hydrogens is 547 g/mol. The van der Waals surface area contributed by atoms with Gasteiger partial charge in [0.15, 0.2) is 17.6 Å². The molecule has 7 nitrogen and oxygen atoms in total. The van der Waals surface area contributed by atoms with Crippen LogP contribution in [0, 0.1) is 0 Å². The molecule has 1 fully saturated rings. The molecule has 0 saturated carbocycles. The van der Waals surface area contributed by atoms with E-state index in [-0.39, 0.29) is 45.6 Å². The number of benzene rings is 2. The summed E-state index contributed by atoms with van der Waals surface area (Å²) in [5.41, 5.74) is 3.38. The van der Waals surface area contributed by atoms with Gasteiger partial charge in [0, 0.05) is 57.2 Å². The number of aliphatic carboxylic acids is 1. The minimum absolute atomic E-state index is 0. The van der Waals surface area contributed by atoms with Crippen molar-refractivity contribution in [2.75, 3.05) is 13.1 Å². The molecule has 1 aliphatic carbocycles. The van der Waals surface area contributed by atoms with Crippen molar-refractivity contribution in [1.29, 1.82) is 0 Å². The maximum Gasteiger partial charge on any atom is 0.333 e. The van der Waals surface area contributed by atoms with E-state index in [1.807, 2.05) is 36.4 Å². The molecule has 4 rings (SSSR count). The van der Waals surface area contributed by atoms with Crippen molar-refractivity contribution < 1.29 is 61.9 Å². The van der Waals surface area contributed by atoms with Crippen LogP contribution in [-0.2, 0) is 61.7 Å². The van der Waals surface area contributed by atoms with Crippen molar-refractivity contribution in [1.82, 2.24) is 4.90 Å². The molecule has 0 aromatic heterocycles. The van der Waals surface area contributed by atoms with Crippen molar-refractivity contribution in [3.05, 3.63) is 59.2 Å². The predicted octanol–water partition coefficient (Wildman–Crippen LogP) is 4.57. The third-order valence-electron chi connectivity index (χ3n) is 7.07. The zero-order valence-electron chi connectivity index (χ0n) is 22.0. The summed E-state index contributed by atoms with van der Waals surface area (Å²) in [6, 6.07) is 14.5. The van der Waals surface area contributed by atoms with Crippen LogP contribution in [0.1, 0.15) is 62.6 Å². The summed E-state index contributed by atoms with van der Waals surface area (Å²) in [5, 5.41) is 19.7. The Morgan fingerprint density at radius 3 is 2.49 bits per heavy atom. The van der Waals surface area contributed by atoms with Gasteiger partial charge in [0.25, 0.3) is 0 Å². The monoisotopic (exact) mass is 586 g/mol. The summed E-state index contributed by atoms with van der Waals surface area (Å²) in [5.74, 6) is 0.140. The number of nitrogens with zero attached hydrogens (tertiary/aromatic N) is 1. The number of hydrogen-bond donors (Lipinski definition) is 2. The summed E-state index contributed by atoms with van der Waals surface area (Å²) in [7, 11) is 0. The number of hydrogen-bond acceptors (Lipinski definition) is 6. The largest absolute Gasteiger partial charge is 0.485 e. The molecule has 2 unspecified atom stereocenters. The molecular formula is C29H39NO6Y. The molecule has 0 bridgehead atoms. The van der Waals surface area contributed by atoms with Gasteiger partial charge in [-0.25, -0.2) is 4.79 Å². The van der Waals surface area contributed by atoms with Crippen LogP contribution in [0.15, 0.2) is 42.5 Å². The Labute approximate surface area is 245 Å². The third-order valence-corrected chi connectivity index (χ3v) is 7.07. The maximum atomic E-state index is 11.5. The van der Waals surface area contributed by atoms with Gasteiger partial charge in [0.1, 0.15) is 6.61 Å². The second-order valence-corrected chi connectivity index (χ2v) is 9.87. The number of carbonyl (C=O) groups is 1. The second kappa shape index (κ2) is 14.6. The number of fused-ring (bicyclic) bond motifs is 1. The molecule has 2 aromatic carbocycles. The average molecular weight is 587 g/mol. The molecule has 1 saturated heterocycles. The minimum Gasteiger partial charge on any atom is -0.485 e. The Hall–Kier alpha value is -1.51. The van der Waals surface area contributed by atoms with E-state index in [1.54, 1.807) is 0 Å². The van der Waals surface area contributed by atoms with E-state index in [4.69, 9.17) is 14.2 Å². The predicted molar refractivity (Wildman–Crippen MR) is 137 cm³/mol. The molecule has 1 heterocycles. The Bertz CT molecular complexity index is 997. The first-order chi connectivity index (χ1) is 17.5. The summed E-state index contributed by atoms with van der Waals surface area (Å²) in [6.07, 6.45) is 2.63. The van der Waals surface area contributed by atoms with Crippen LogP contribution in [0.2, 0.25) is 0 Å². The van der Waals surface area contributed by atoms with E-state index in [0.717, 1.165) is 56.3 Å². The number of carboxylic acids is 1. The first-order valence-electron chi connectivity index (χ1n) is 13.3. The number of ether oxygens (including phenoxy) is 3. The molecule has 37 heavy (non-hydrogen) atoms. The molecule has 2 aromatic rings. The zero-order valence-corrected chi connectivity index (χ0v) is 24.8. The minimum atomic E-state index is -1.09. The Morgan fingerprint density at radius 1 is 1.08 bits per heavy atom. The van der Waals surface area contributed by atoms with Crippen LogP contribution in [0.25, 0.3) is 0 Å². The van der Waals surface area contributed by atoms with Crippen molar-refractivity contribution >= 4 is 5.97 Å². The number of aliphatic hydroxyl groups is 1. The van der Waals surface area contributed by atoms with Gasteiger partial charge in [-0.2, -0.15) is 0 Å². The number of carboxylic acid groups (broad SMARTS) is 1. The Morgan fingerprint density at radius 2 is 1.81 bits per heavy atom. The van der Waals surface area contributed by atoms with Crippen LogP contribution in [-0.4, -0.2) is 58.7 Å². The van der Waals surface area contributed by atoms with Gasteiger partial charge in [-0.15, -0.1) is 0 Å². The molecule has 0 amide bonds. The zero-order chi connectivity index (χ0) is 25.5. The van der Waals surface area contributed by atoms with Crippen LogP contribution < -0.4 is 9.47 Å². The van der Waals surface area contributed by atoms with Crippen LogP contribution >= 0.6 is 0 Å². The van der Waals surface area contributed by atoms with Gasteiger partial charge in [0.05, 0.1) is 6.10 Å². The van der Waals surface area contributed by atoms with Crippen molar-refractivity contribution in [3.63, 3.8) is 0 Å². The topological polar surface area (TPSA) is 88.5 Å². The molecule has 2 aliphatic rings. The van der Waals surface area contributed by atoms with Gasteiger partial charge < -0.3 is 29.3 Å². The van der Waals surface area contributed by atoms with E-state index in [0.29, 0.717) is 24.1 Å². The molecule has 8 heteroatoms. The fourth-order valence-corrected chi connectivity index (χ4v) is 5.35. The maximum absolute atomic E-state index is 11.5. The van der Waals surface area contributed by atoms with Crippen molar-refractivity contribution in [2.45, 2.75) is 89.9 Å². The van der Waals surface area contributed by atoms with Crippen LogP contribution in [0.4, 0.5) is 0 Å². The van der Waals surface area contributed by atoms with E-state index >= 15 is 0 Å². The third kappa shape index (κ3) is 7.99. The standard InChI is InChI=1S/C29H39NO6.Y/c1-3-14-30(15-4-2)22-11-12-24-21(16-22)10-13-25(34-19-20-8-6-5-7-9-20)28(24)36-27-18-23(31)17-26(35-27)29(32)33;/h5-10,13,22-23,26-27,31H,3-4,11-12,14-19H2,1-2H3,(H,32,33);/t22?,23-,26-,27?;/m0./s1. The fraction of sp³-hybridized carbons (Fsp3) is 0.552. The van der Waals surface area contributed by atoms with E-state index in [1.165, 1.54) is 5.56 Å². The van der Waals surface area contributed by atoms with Crippen LogP contribution in [0.3, 0.4) is 0 Å². The quantitative estimate of drug-likeness (QED) is 0.399. The first-order valence-corrected chi connectivity index (χ1v) is 13.3. The molecule has 199 valence electrons. The Kier molecular flexibility index (Phi) is 11.8. The smallest absolute Gasteiger partial charge is 0.333 e. The molecule has 2 N–H and O–H groups in total. The Balaban J connectivity index is 0.00000380. The normalized spacial score (nSPS) is 23.1. The van der Waals surface area contributed by atoms with Crippen molar-refractivity contribution in [2.24, 2.45) is 0 Å². The fourth-order valence-electron chi connectivity index (χ4n) is 5.35. The van der Waals surface area contributed by atoms with E-state index in [9.17, 15) is 15.0 Å². The van der Waals surface area contributed by atoms with E-state index < -0.39 is 24.5 Å². The number of aliphatic hydroxyl groups excluding tert-OH is 1. The average Bonchev–Trinajstić information content (AvgIpc) is 2.88.